The summed E-state index contributed by atoms with van der Waals surface area (Å²) >= 11 is 0. The van der Waals surface area contributed by atoms with E-state index in [9.17, 15) is 4.79 Å². The number of hydrogen-bond acceptors (Lipinski definition) is 2. The third-order valence-corrected chi connectivity index (χ3v) is 4.10. The maximum Gasteiger partial charge on any atom is 0.255 e. The van der Waals surface area contributed by atoms with Gasteiger partial charge in [-0.05, 0) is 69.2 Å². The van der Waals surface area contributed by atoms with Gasteiger partial charge in [-0.2, -0.15) is 0 Å². The standard InChI is InChI=1S/C19H24N2O/c1-5-21(6-2)17-12-10-16(11-13-17)20-19(22)18-9-7-8-14(3)15(18)4/h7-13H,5-6H2,1-4H3,(H,20,22). The average Bonchev–Trinajstić information content (AvgIpc) is 2.52. The first-order valence-corrected chi connectivity index (χ1v) is 7.79. The van der Waals surface area contributed by atoms with E-state index >= 15 is 0 Å². The lowest BCUT2D eigenvalue weighted by Gasteiger charge is -2.21. The molecule has 1 N–H and O–H groups in total. The van der Waals surface area contributed by atoms with Crippen molar-refractivity contribution in [2.24, 2.45) is 0 Å². The van der Waals surface area contributed by atoms with Crippen LogP contribution in [0.2, 0.25) is 0 Å². The first kappa shape index (κ1) is 16.1. The summed E-state index contributed by atoms with van der Waals surface area (Å²) < 4.78 is 0. The van der Waals surface area contributed by atoms with Crippen molar-refractivity contribution >= 4 is 17.3 Å². The zero-order chi connectivity index (χ0) is 16.1. The predicted molar refractivity (Wildman–Crippen MR) is 93.9 cm³/mol. The molecule has 0 spiro atoms. The minimum Gasteiger partial charge on any atom is -0.372 e. The van der Waals surface area contributed by atoms with E-state index in [2.05, 4.69) is 24.1 Å². The maximum absolute atomic E-state index is 12.4. The molecule has 116 valence electrons. The molecule has 0 unspecified atom stereocenters. The van der Waals surface area contributed by atoms with Crippen molar-refractivity contribution < 1.29 is 4.79 Å². The van der Waals surface area contributed by atoms with Gasteiger partial charge in [-0.25, -0.2) is 0 Å². The zero-order valence-electron chi connectivity index (χ0n) is 13.8. The Hall–Kier alpha value is -2.29. The lowest BCUT2D eigenvalue weighted by atomic mass is 10.0. The maximum atomic E-state index is 12.4. The molecule has 1 amide bonds. The molecule has 0 aliphatic heterocycles. The van der Waals surface area contributed by atoms with Gasteiger partial charge in [-0.15, -0.1) is 0 Å². The smallest absolute Gasteiger partial charge is 0.255 e. The van der Waals surface area contributed by atoms with Crippen LogP contribution in [-0.2, 0) is 0 Å². The second-order valence-electron chi connectivity index (χ2n) is 5.42. The highest BCUT2D eigenvalue weighted by molar-refractivity contribution is 6.05. The molecule has 0 fully saturated rings. The number of aryl methyl sites for hydroxylation is 1. The van der Waals surface area contributed by atoms with Crippen LogP contribution in [0.5, 0.6) is 0 Å². The van der Waals surface area contributed by atoms with Gasteiger partial charge in [0.25, 0.3) is 5.91 Å². The van der Waals surface area contributed by atoms with Gasteiger partial charge in [0.05, 0.1) is 0 Å². The third-order valence-electron chi connectivity index (χ3n) is 4.10. The van der Waals surface area contributed by atoms with Crippen molar-refractivity contribution in [3.8, 4) is 0 Å². The van der Waals surface area contributed by atoms with E-state index in [1.807, 2.05) is 56.3 Å². The molecule has 0 atom stereocenters. The Morgan fingerprint density at radius 3 is 2.23 bits per heavy atom. The molecular weight excluding hydrogens is 272 g/mol. The Labute approximate surface area is 133 Å². The molecule has 2 aromatic rings. The molecule has 0 aliphatic carbocycles. The summed E-state index contributed by atoms with van der Waals surface area (Å²) in [5, 5.41) is 2.97. The third kappa shape index (κ3) is 3.48. The molecule has 0 aromatic heterocycles. The van der Waals surface area contributed by atoms with Crippen LogP contribution in [0.3, 0.4) is 0 Å². The van der Waals surface area contributed by atoms with Crippen molar-refractivity contribution in [2.75, 3.05) is 23.3 Å². The number of nitrogens with zero attached hydrogens (tertiary/aromatic N) is 1. The fraction of sp³-hybridized carbons (Fsp3) is 0.316. The minimum absolute atomic E-state index is 0.0585. The fourth-order valence-corrected chi connectivity index (χ4v) is 2.54. The average molecular weight is 296 g/mol. The largest absolute Gasteiger partial charge is 0.372 e. The Morgan fingerprint density at radius 2 is 1.64 bits per heavy atom. The van der Waals surface area contributed by atoms with Crippen LogP contribution in [0, 0.1) is 13.8 Å². The molecule has 3 nitrogen and oxygen atoms in total. The van der Waals surface area contributed by atoms with Crippen molar-refractivity contribution in [1.29, 1.82) is 0 Å². The highest BCUT2D eigenvalue weighted by Gasteiger charge is 2.10. The summed E-state index contributed by atoms with van der Waals surface area (Å²) in [6.07, 6.45) is 0. The van der Waals surface area contributed by atoms with E-state index in [4.69, 9.17) is 0 Å². The number of carbonyl (C=O) groups excluding carboxylic acids is 1. The highest BCUT2D eigenvalue weighted by atomic mass is 16.1. The van der Waals surface area contributed by atoms with Crippen molar-refractivity contribution in [1.82, 2.24) is 0 Å². The van der Waals surface area contributed by atoms with E-state index in [0.717, 1.165) is 35.5 Å². The second kappa shape index (κ2) is 7.12. The highest BCUT2D eigenvalue weighted by Crippen LogP contribution is 2.19. The molecule has 3 heteroatoms. The Balaban J connectivity index is 2.14. The summed E-state index contributed by atoms with van der Waals surface area (Å²) in [4.78, 5) is 14.7. The first-order chi connectivity index (χ1) is 10.6. The van der Waals surface area contributed by atoms with E-state index in [-0.39, 0.29) is 5.91 Å². The summed E-state index contributed by atoms with van der Waals surface area (Å²) in [5.41, 5.74) is 4.88. The van der Waals surface area contributed by atoms with Crippen LogP contribution in [0.15, 0.2) is 42.5 Å². The number of anilines is 2. The van der Waals surface area contributed by atoms with Crippen molar-refractivity contribution in [3.05, 3.63) is 59.2 Å². The fourth-order valence-electron chi connectivity index (χ4n) is 2.54. The van der Waals surface area contributed by atoms with Gasteiger partial charge < -0.3 is 10.2 Å². The van der Waals surface area contributed by atoms with Gasteiger partial charge in [0.1, 0.15) is 0 Å². The number of benzene rings is 2. The Bertz CT molecular complexity index is 643. The predicted octanol–water partition coefficient (Wildman–Crippen LogP) is 4.40. The quantitative estimate of drug-likeness (QED) is 0.887. The SMILES string of the molecule is CCN(CC)c1ccc(NC(=O)c2cccc(C)c2C)cc1. The summed E-state index contributed by atoms with van der Waals surface area (Å²) in [6.45, 7) is 10.2. The summed E-state index contributed by atoms with van der Waals surface area (Å²) in [6, 6.07) is 13.8. The minimum atomic E-state index is -0.0585. The summed E-state index contributed by atoms with van der Waals surface area (Å²) in [5.74, 6) is -0.0585. The van der Waals surface area contributed by atoms with Gasteiger partial charge in [0, 0.05) is 30.0 Å². The van der Waals surface area contributed by atoms with Gasteiger partial charge in [0.15, 0.2) is 0 Å². The Morgan fingerprint density at radius 1 is 1.00 bits per heavy atom. The van der Waals surface area contributed by atoms with E-state index in [1.54, 1.807) is 0 Å². The van der Waals surface area contributed by atoms with E-state index in [0.29, 0.717) is 0 Å². The van der Waals surface area contributed by atoms with Crippen LogP contribution in [0.25, 0.3) is 0 Å². The molecule has 0 saturated carbocycles. The van der Waals surface area contributed by atoms with Crippen molar-refractivity contribution in [3.63, 3.8) is 0 Å². The van der Waals surface area contributed by atoms with Crippen molar-refractivity contribution in [2.45, 2.75) is 27.7 Å². The molecule has 2 aromatic carbocycles. The summed E-state index contributed by atoms with van der Waals surface area (Å²) in [7, 11) is 0. The number of amides is 1. The Kier molecular flexibility index (Phi) is 5.21. The van der Waals surface area contributed by atoms with Gasteiger partial charge >= 0.3 is 0 Å². The molecular formula is C19H24N2O. The number of rotatable bonds is 5. The molecule has 0 aliphatic rings. The van der Waals surface area contributed by atoms with Crippen LogP contribution in [-0.4, -0.2) is 19.0 Å². The lowest BCUT2D eigenvalue weighted by molar-refractivity contribution is 0.102. The molecule has 0 bridgehead atoms. The monoisotopic (exact) mass is 296 g/mol. The number of nitrogens with one attached hydrogen (secondary N) is 1. The molecule has 22 heavy (non-hydrogen) atoms. The molecule has 0 radical (unpaired) electrons. The van der Waals surface area contributed by atoms with Crippen LogP contribution in [0.1, 0.15) is 35.3 Å². The van der Waals surface area contributed by atoms with E-state index in [1.165, 1.54) is 5.69 Å². The number of hydrogen-bond donors (Lipinski definition) is 1. The van der Waals surface area contributed by atoms with Gasteiger partial charge in [0.2, 0.25) is 0 Å². The zero-order valence-corrected chi connectivity index (χ0v) is 13.8. The lowest BCUT2D eigenvalue weighted by Crippen LogP contribution is -2.21. The van der Waals surface area contributed by atoms with Crippen LogP contribution in [0.4, 0.5) is 11.4 Å². The van der Waals surface area contributed by atoms with Crippen LogP contribution < -0.4 is 10.2 Å². The van der Waals surface area contributed by atoms with E-state index < -0.39 is 0 Å². The normalized spacial score (nSPS) is 10.4. The molecule has 0 heterocycles. The molecule has 2 rings (SSSR count). The number of carbonyl (C=O) groups is 1. The van der Waals surface area contributed by atoms with Crippen LogP contribution >= 0.6 is 0 Å². The molecule has 0 saturated heterocycles. The first-order valence-electron chi connectivity index (χ1n) is 7.79. The van der Waals surface area contributed by atoms with Gasteiger partial charge in [-0.3, -0.25) is 4.79 Å². The van der Waals surface area contributed by atoms with Gasteiger partial charge in [-0.1, -0.05) is 12.1 Å². The topological polar surface area (TPSA) is 32.3 Å². The second-order valence-corrected chi connectivity index (χ2v) is 5.42.